The number of carbonyl (C=O) groups excluding carboxylic acids is 1. The zero-order valence-corrected chi connectivity index (χ0v) is 15.8. The second-order valence-electron chi connectivity index (χ2n) is 6.83. The summed E-state index contributed by atoms with van der Waals surface area (Å²) in [5.74, 6) is 0.316. The highest BCUT2D eigenvalue weighted by Gasteiger charge is 2.36. The van der Waals surface area contributed by atoms with Gasteiger partial charge in [-0.3, -0.25) is 0 Å². The Labute approximate surface area is 148 Å². The van der Waals surface area contributed by atoms with Crippen molar-refractivity contribution in [2.75, 3.05) is 19.6 Å². The van der Waals surface area contributed by atoms with E-state index in [1.54, 1.807) is 13.8 Å². The summed E-state index contributed by atoms with van der Waals surface area (Å²) in [6, 6.07) is 0.340. The lowest BCUT2D eigenvalue weighted by Gasteiger charge is -2.42. The Balaban J connectivity index is 1.58. The Bertz CT molecular complexity index is 716. The predicted octanol–water partition coefficient (Wildman–Crippen LogP) is 1.64. The van der Waals surface area contributed by atoms with Gasteiger partial charge in [0.05, 0.1) is 0 Å². The molecule has 3 rings (SSSR count). The molecule has 0 bridgehead atoms. The molecule has 2 saturated heterocycles. The maximum atomic E-state index is 12.8. The van der Waals surface area contributed by atoms with Gasteiger partial charge in [-0.25, -0.2) is 13.2 Å². The Hall–Kier alpha value is -1.61. The van der Waals surface area contributed by atoms with Gasteiger partial charge in [0, 0.05) is 31.7 Å². The number of rotatable bonds is 4. The Kier molecular flexibility index (Phi) is 5.06. The van der Waals surface area contributed by atoms with Crippen LogP contribution in [0.15, 0.2) is 9.42 Å². The summed E-state index contributed by atoms with van der Waals surface area (Å²) in [5.41, 5.74) is 0.385. The van der Waals surface area contributed by atoms with Crippen LogP contribution in [-0.4, -0.2) is 60.5 Å². The maximum absolute atomic E-state index is 12.8. The third-order valence-electron chi connectivity index (χ3n) is 5.22. The molecule has 1 aromatic rings. The van der Waals surface area contributed by atoms with E-state index in [1.165, 1.54) is 4.31 Å². The molecule has 2 aliphatic rings. The van der Waals surface area contributed by atoms with Crippen molar-refractivity contribution in [1.29, 1.82) is 0 Å². The standard InChI is InChI=1S/C16H26N4O4S/c1-4-14-7-10-20(14)16(21)17-13-5-8-19(9-6-13)25(22,23)15-11(2)18-24-12(15)3/h13-14H,4-10H2,1-3H3,(H,17,21). The molecular weight excluding hydrogens is 344 g/mol. The van der Waals surface area contributed by atoms with Crippen LogP contribution in [0, 0.1) is 13.8 Å². The van der Waals surface area contributed by atoms with Gasteiger partial charge in [-0.15, -0.1) is 0 Å². The van der Waals surface area contributed by atoms with Crippen molar-refractivity contribution in [2.45, 2.75) is 63.4 Å². The van der Waals surface area contributed by atoms with Crippen LogP contribution in [0.1, 0.15) is 44.1 Å². The van der Waals surface area contributed by atoms with E-state index in [-0.39, 0.29) is 17.0 Å². The van der Waals surface area contributed by atoms with E-state index in [1.807, 2.05) is 4.90 Å². The van der Waals surface area contributed by atoms with E-state index in [0.29, 0.717) is 43.4 Å². The van der Waals surface area contributed by atoms with Crippen LogP contribution in [0.5, 0.6) is 0 Å². The SMILES string of the molecule is CCC1CCN1C(=O)NC1CCN(S(=O)(=O)c2c(C)noc2C)CC1. The Morgan fingerprint density at radius 1 is 1.24 bits per heavy atom. The fraction of sp³-hybridized carbons (Fsp3) is 0.750. The van der Waals surface area contributed by atoms with Crippen molar-refractivity contribution in [3.05, 3.63) is 11.5 Å². The molecule has 0 aliphatic carbocycles. The second kappa shape index (κ2) is 6.95. The van der Waals surface area contributed by atoms with Gasteiger partial charge in [-0.1, -0.05) is 12.1 Å². The summed E-state index contributed by atoms with van der Waals surface area (Å²) in [5, 5.41) is 6.79. The molecule has 0 spiro atoms. The van der Waals surface area contributed by atoms with Gasteiger partial charge < -0.3 is 14.7 Å². The van der Waals surface area contributed by atoms with Crippen molar-refractivity contribution in [3.8, 4) is 0 Å². The monoisotopic (exact) mass is 370 g/mol. The Morgan fingerprint density at radius 2 is 1.92 bits per heavy atom. The molecule has 8 nitrogen and oxygen atoms in total. The van der Waals surface area contributed by atoms with Crippen molar-refractivity contribution < 1.29 is 17.7 Å². The zero-order chi connectivity index (χ0) is 18.2. The zero-order valence-electron chi connectivity index (χ0n) is 15.0. The highest BCUT2D eigenvalue weighted by atomic mass is 32.2. The molecule has 0 aromatic carbocycles. The minimum atomic E-state index is -3.60. The van der Waals surface area contributed by atoms with E-state index >= 15 is 0 Å². The normalized spacial score (nSPS) is 22.7. The van der Waals surface area contributed by atoms with Gasteiger partial charge in [-0.2, -0.15) is 4.31 Å². The number of likely N-dealkylation sites (tertiary alicyclic amines) is 1. The minimum Gasteiger partial charge on any atom is -0.360 e. The van der Waals surface area contributed by atoms with Crippen molar-refractivity contribution in [3.63, 3.8) is 0 Å². The minimum absolute atomic E-state index is 0.0155. The molecule has 1 atom stereocenters. The molecule has 9 heteroatoms. The van der Waals surface area contributed by atoms with E-state index in [9.17, 15) is 13.2 Å². The molecular formula is C16H26N4O4S. The summed E-state index contributed by atoms with van der Waals surface area (Å²) >= 11 is 0. The van der Waals surface area contributed by atoms with Crippen LogP contribution in [-0.2, 0) is 10.0 Å². The topological polar surface area (TPSA) is 95.8 Å². The van der Waals surface area contributed by atoms with Gasteiger partial charge in [0.25, 0.3) is 0 Å². The molecule has 3 heterocycles. The quantitative estimate of drug-likeness (QED) is 0.869. The predicted molar refractivity (Wildman–Crippen MR) is 91.7 cm³/mol. The fourth-order valence-corrected chi connectivity index (χ4v) is 5.36. The molecule has 2 fully saturated rings. The average molecular weight is 370 g/mol. The molecule has 2 aliphatic heterocycles. The summed E-state index contributed by atoms with van der Waals surface area (Å²) in [6.45, 7) is 6.90. The van der Waals surface area contributed by atoms with Gasteiger partial charge in [-0.05, 0) is 39.5 Å². The van der Waals surface area contributed by atoms with E-state index in [0.717, 1.165) is 19.4 Å². The number of aryl methyl sites for hydroxylation is 2. The first-order chi connectivity index (χ1) is 11.8. The highest BCUT2D eigenvalue weighted by molar-refractivity contribution is 7.89. The molecule has 1 aromatic heterocycles. The maximum Gasteiger partial charge on any atom is 0.317 e. The number of nitrogens with one attached hydrogen (secondary N) is 1. The van der Waals surface area contributed by atoms with Gasteiger partial charge in [0.2, 0.25) is 10.0 Å². The van der Waals surface area contributed by atoms with Crippen LogP contribution in [0.2, 0.25) is 0 Å². The summed E-state index contributed by atoms with van der Waals surface area (Å²) in [4.78, 5) is 14.3. The second-order valence-corrected chi connectivity index (χ2v) is 8.70. The van der Waals surface area contributed by atoms with Crippen molar-refractivity contribution in [1.82, 2.24) is 19.7 Å². The number of hydrogen-bond acceptors (Lipinski definition) is 5. The number of carbonyl (C=O) groups is 1. The molecule has 1 N–H and O–H groups in total. The third kappa shape index (κ3) is 3.39. The van der Waals surface area contributed by atoms with E-state index < -0.39 is 10.0 Å². The number of hydrogen-bond donors (Lipinski definition) is 1. The number of piperidine rings is 1. The van der Waals surface area contributed by atoms with Crippen LogP contribution < -0.4 is 5.32 Å². The number of nitrogens with zero attached hydrogens (tertiary/aromatic N) is 3. The molecule has 2 amide bonds. The van der Waals surface area contributed by atoms with Crippen molar-refractivity contribution in [2.24, 2.45) is 0 Å². The molecule has 0 saturated carbocycles. The fourth-order valence-electron chi connectivity index (χ4n) is 3.60. The van der Waals surface area contributed by atoms with Crippen LogP contribution in [0.25, 0.3) is 0 Å². The Morgan fingerprint density at radius 3 is 2.40 bits per heavy atom. The number of aromatic nitrogens is 1. The highest BCUT2D eigenvalue weighted by Crippen LogP contribution is 2.26. The van der Waals surface area contributed by atoms with Crippen LogP contribution in [0.4, 0.5) is 4.79 Å². The van der Waals surface area contributed by atoms with E-state index in [2.05, 4.69) is 17.4 Å². The first kappa shape index (κ1) is 18.2. The van der Waals surface area contributed by atoms with Gasteiger partial charge >= 0.3 is 6.03 Å². The van der Waals surface area contributed by atoms with E-state index in [4.69, 9.17) is 4.52 Å². The van der Waals surface area contributed by atoms with Gasteiger partial charge in [0.1, 0.15) is 10.6 Å². The first-order valence-corrected chi connectivity index (χ1v) is 10.3. The van der Waals surface area contributed by atoms with Crippen molar-refractivity contribution >= 4 is 16.1 Å². The van der Waals surface area contributed by atoms with Crippen LogP contribution >= 0.6 is 0 Å². The number of sulfonamides is 1. The summed E-state index contributed by atoms with van der Waals surface area (Å²) in [7, 11) is -3.60. The number of urea groups is 1. The summed E-state index contributed by atoms with van der Waals surface area (Å²) in [6.07, 6.45) is 3.26. The number of amides is 2. The van der Waals surface area contributed by atoms with Gasteiger partial charge in [0.15, 0.2) is 5.76 Å². The van der Waals surface area contributed by atoms with Crippen LogP contribution in [0.3, 0.4) is 0 Å². The lowest BCUT2D eigenvalue weighted by Crippen LogP contribution is -2.57. The third-order valence-corrected chi connectivity index (χ3v) is 7.37. The molecule has 25 heavy (non-hydrogen) atoms. The lowest BCUT2D eigenvalue weighted by atomic mass is 10.0. The smallest absolute Gasteiger partial charge is 0.317 e. The summed E-state index contributed by atoms with van der Waals surface area (Å²) < 4.78 is 32.0. The average Bonchev–Trinajstić information content (AvgIpc) is 2.86. The lowest BCUT2D eigenvalue weighted by molar-refractivity contribution is 0.107. The first-order valence-electron chi connectivity index (χ1n) is 8.84. The molecule has 140 valence electrons. The molecule has 0 radical (unpaired) electrons. The molecule has 1 unspecified atom stereocenters. The largest absolute Gasteiger partial charge is 0.360 e.